The van der Waals surface area contributed by atoms with Gasteiger partial charge in [-0.05, 0) is 6.07 Å². The van der Waals surface area contributed by atoms with Crippen molar-refractivity contribution in [2.75, 3.05) is 0 Å². The quantitative estimate of drug-likeness (QED) is 0.611. The number of Topliss-reactive ketones (excluding diaryl/α,β-unsaturated/α-hetero) is 1. The van der Waals surface area contributed by atoms with Crippen LogP contribution in [0.4, 0.5) is 0 Å². The van der Waals surface area contributed by atoms with Gasteiger partial charge < -0.3 is 5.11 Å². The minimum atomic E-state index is -1.43. The molecule has 1 aliphatic rings. The van der Waals surface area contributed by atoms with Crippen molar-refractivity contribution in [3.8, 4) is 0 Å². The van der Waals surface area contributed by atoms with Gasteiger partial charge in [0, 0.05) is 22.1 Å². The Balaban J connectivity index is 0.000000249. The molecule has 2 rings (SSSR count). The van der Waals surface area contributed by atoms with E-state index < -0.39 is 5.97 Å². The number of fused-ring (bicyclic) bond motifs is 1. The average Bonchev–Trinajstić information content (AvgIpc) is 2.29. The predicted molar refractivity (Wildman–Crippen MR) is 64.4 cm³/mol. The van der Waals surface area contributed by atoms with Gasteiger partial charge in [-0.2, -0.15) is 0 Å². The SMILES string of the molecule is CC1CC(=O)c2ccccc2S1.O=CC(=O)O. The number of benzene rings is 1. The molecule has 1 N–H and O–H groups in total. The van der Waals surface area contributed by atoms with E-state index in [9.17, 15) is 4.79 Å². The predicted octanol–water partition coefficient (Wildman–Crippen LogP) is 2.02. The number of hydrogen-bond donors (Lipinski definition) is 1. The molecular formula is C12H12O4S. The highest BCUT2D eigenvalue weighted by Gasteiger charge is 2.21. The second kappa shape index (κ2) is 6.20. The van der Waals surface area contributed by atoms with Crippen molar-refractivity contribution in [1.82, 2.24) is 0 Å². The van der Waals surface area contributed by atoms with Crippen molar-refractivity contribution in [1.29, 1.82) is 0 Å². The highest BCUT2D eigenvalue weighted by atomic mass is 32.2. The topological polar surface area (TPSA) is 71.4 Å². The lowest BCUT2D eigenvalue weighted by Crippen LogP contribution is -2.14. The van der Waals surface area contributed by atoms with Crippen molar-refractivity contribution >= 4 is 29.8 Å². The highest BCUT2D eigenvalue weighted by Crippen LogP contribution is 2.34. The van der Waals surface area contributed by atoms with Crippen LogP contribution in [-0.2, 0) is 9.59 Å². The van der Waals surface area contributed by atoms with Gasteiger partial charge in [-0.1, -0.05) is 25.1 Å². The van der Waals surface area contributed by atoms with E-state index in [0.29, 0.717) is 11.7 Å². The molecule has 0 aliphatic carbocycles. The molecule has 4 nitrogen and oxygen atoms in total. The van der Waals surface area contributed by atoms with Crippen LogP contribution in [0.2, 0.25) is 0 Å². The molecule has 17 heavy (non-hydrogen) atoms. The van der Waals surface area contributed by atoms with Crippen LogP contribution in [0.3, 0.4) is 0 Å². The first-order valence-electron chi connectivity index (χ1n) is 5.01. The van der Waals surface area contributed by atoms with Gasteiger partial charge in [0.2, 0.25) is 6.29 Å². The fourth-order valence-corrected chi connectivity index (χ4v) is 2.56. The van der Waals surface area contributed by atoms with E-state index >= 15 is 0 Å². The van der Waals surface area contributed by atoms with Crippen LogP contribution in [-0.4, -0.2) is 28.4 Å². The summed E-state index contributed by atoms with van der Waals surface area (Å²) in [6.07, 6.45) is 0.516. The summed E-state index contributed by atoms with van der Waals surface area (Å²) in [6.45, 7) is 2.10. The first-order chi connectivity index (χ1) is 8.04. The normalized spacial score (nSPS) is 17.5. The van der Waals surface area contributed by atoms with Crippen molar-refractivity contribution < 1.29 is 19.5 Å². The Kier molecular flexibility index (Phi) is 4.90. The van der Waals surface area contributed by atoms with Gasteiger partial charge >= 0.3 is 5.97 Å². The van der Waals surface area contributed by atoms with Crippen molar-refractivity contribution in [2.45, 2.75) is 23.5 Å². The standard InChI is InChI=1S/C10H10OS.C2H2O3/c1-7-6-9(11)8-4-2-3-5-10(8)12-7;3-1-2(4)5/h2-5,7H,6H2,1H3;1H,(H,4,5). The molecule has 0 bridgehead atoms. The molecule has 90 valence electrons. The third-order valence-electron chi connectivity index (χ3n) is 2.09. The summed E-state index contributed by atoms with van der Waals surface area (Å²) < 4.78 is 0. The Morgan fingerprint density at radius 1 is 1.47 bits per heavy atom. The van der Waals surface area contributed by atoms with Crippen LogP contribution >= 0.6 is 11.8 Å². The van der Waals surface area contributed by atoms with Gasteiger partial charge in [0.1, 0.15) is 0 Å². The number of aldehydes is 1. The van der Waals surface area contributed by atoms with E-state index in [1.807, 2.05) is 24.3 Å². The molecule has 0 radical (unpaired) electrons. The Morgan fingerprint density at radius 3 is 2.65 bits per heavy atom. The average molecular weight is 252 g/mol. The lowest BCUT2D eigenvalue weighted by Gasteiger charge is -2.18. The van der Waals surface area contributed by atoms with Crippen molar-refractivity contribution in [3.05, 3.63) is 29.8 Å². The number of carbonyl (C=O) groups excluding carboxylic acids is 2. The zero-order valence-corrected chi connectivity index (χ0v) is 10.1. The number of hydrogen-bond acceptors (Lipinski definition) is 4. The van der Waals surface area contributed by atoms with E-state index in [1.165, 1.54) is 0 Å². The summed E-state index contributed by atoms with van der Waals surface area (Å²) in [6, 6.07) is 7.84. The third kappa shape index (κ3) is 4.03. The minimum Gasteiger partial charge on any atom is -0.476 e. The lowest BCUT2D eigenvalue weighted by molar-refractivity contribution is -0.143. The fraction of sp³-hybridized carbons (Fsp3) is 0.250. The summed E-state index contributed by atoms with van der Waals surface area (Å²) in [7, 11) is 0. The van der Waals surface area contributed by atoms with Crippen LogP contribution in [0.25, 0.3) is 0 Å². The molecule has 1 heterocycles. The molecule has 1 atom stereocenters. The van der Waals surface area contributed by atoms with Gasteiger partial charge in [0.05, 0.1) is 0 Å². The Hall–Kier alpha value is -1.62. The van der Waals surface area contributed by atoms with Gasteiger partial charge in [-0.3, -0.25) is 9.59 Å². The fourth-order valence-electron chi connectivity index (χ4n) is 1.43. The summed E-state index contributed by atoms with van der Waals surface area (Å²) in [4.78, 5) is 30.5. The second-order valence-electron chi connectivity index (χ2n) is 3.51. The maximum Gasteiger partial charge on any atom is 0.368 e. The molecule has 0 fully saturated rings. The number of rotatable bonds is 1. The largest absolute Gasteiger partial charge is 0.476 e. The van der Waals surface area contributed by atoms with Crippen LogP contribution in [0.5, 0.6) is 0 Å². The van der Waals surface area contributed by atoms with Gasteiger partial charge in [-0.25, -0.2) is 4.79 Å². The smallest absolute Gasteiger partial charge is 0.368 e. The van der Waals surface area contributed by atoms with E-state index in [2.05, 4.69) is 6.92 Å². The highest BCUT2D eigenvalue weighted by molar-refractivity contribution is 8.00. The molecule has 0 spiro atoms. The minimum absolute atomic E-state index is 0.167. The zero-order chi connectivity index (χ0) is 12.8. The number of ketones is 1. The van der Waals surface area contributed by atoms with Crippen LogP contribution < -0.4 is 0 Å². The maximum absolute atomic E-state index is 11.5. The van der Waals surface area contributed by atoms with Gasteiger partial charge in [0.15, 0.2) is 5.78 Å². The summed E-state index contributed by atoms with van der Waals surface area (Å²) in [5, 5.41) is 7.79. The van der Waals surface area contributed by atoms with Crippen molar-refractivity contribution in [3.63, 3.8) is 0 Å². The van der Waals surface area contributed by atoms with Gasteiger partial charge in [-0.15, -0.1) is 11.8 Å². The lowest BCUT2D eigenvalue weighted by atomic mass is 10.1. The molecule has 5 heteroatoms. The third-order valence-corrected chi connectivity index (χ3v) is 3.27. The molecule has 0 saturated carbocycles. The summed E-state index contributed by atoms with van der Waals surface area (Å²) >= 11 is 1.79. The molecule has 1 aliphatic heterocycles. The zero-order valence-electron chi connectivity index (χ0n) is 9.25. The monoisotopic (exact) mass is 252 g/mol. The second-order valence-corrected chi connectivity index (χ2v) is 4.99. The molecular weight excluding hydrogens is 240 g/mol. The molecule has 1 aromatic carbocycles. The number of aliphatic carboxylic acids is 1. The summed E-state index contributed by atoms with van der Waals surface area (Å²) in [5.41, 5.74) is 0.903. The molecule has 0 aromatic heterocycles. The molecule has 1 unspecified atom stereocenters. The first kappa shape index (κ1) is 13.4. The van der Waals surface area contributed by atoms with Crippen molar-refractivity contribution in [2.24, 2.45) is 0 Å². The first-order valence-corrected chi connectivity index (χ1v) is 5.89. The number of thioether (sulfide) groups is 1. The Bertz CT molecular complexity index is 442. The molecule has 0 amide bonds. The number of carbonyl (C=O) groups is 3. The molecule has 1 aromatic rings. The van der Waals surface area contributed by atoms with Crippen LogP contribution in [0.15, 0.2) is 29.2 Å². The van der Waals surface area contributed by atoms with E-state index in [4.69, 9.17) is 14.7 Å². The van der Waals surface area contributed by atoms with E-state index in [0.717, 1.165) is 10.5 Å². The van der Waals surface area contributed by atoms with Crippen LogP contribution in [0.1, 0.15) is 23.7 Å². The number of carboxylic acids is 1. The molecule has 0 saturated heterocycles. The van der Waals surface area contributed by atoms with E-state index in [1.54, 1.807) is 11.8 Å². The Morgan fingerprint density at radius 2 is 2.06 bits per heavy atom. The number of carboxylic acid groups (broad SMARTS) is 1. The van der Waals surface area contributed by atoms with Crippen LogP contribution in [0, 0.1) is 0 Å². The van der Waals surface area contributed by atoms with E-state index in [-0.39, 0.29) is 12.1 Å². The maximum atomic E-state index is 11.5. The summed E-state index contributed by atoms with van der Waals surface area (Å²) in [5.74, 6) is -1.14. The van der Waals surface area contributed by atoms with Gasteiger partial charge in [0.25, 0.3) is 0 Å². The Labute approximate surface area is 103 Å².